The number of rotatable bonds is 10. The van der Waals surface area contributed by atoms with Gasteiger partial charge in [-0.25, -0.2) is 9.97 Å². The molecule has 1 unspecified atom stereocenters. The summed E-state index contributed by atoms with van der Waals surface area (Å²) < 4.78 is 1.12. The second-order valence-electron chi connectivity index (χ2n) is 10.1. The van der Waals surface area contributed by atoms with Crippen LogP contribution in [0.1, 0.15) is 69.7 Å². The summed E-state index contributed by atoms with van der Waals surface area (Å²) in [5.74, 6) is 2.55. The van der Waals surface area contributed by atoms with E-state index < -0.39 is 5.60 Å². The van der Waals surface area contributed by atoms with Gasteiger partial charge >= 0.3 is 0 Å². The zero-order valence-electron chi connectivity index (χ0n) is 20.5. The molecule has 3 aromatic rings. The molecule has 0 spiro atoms. The molecule has 3 heterocycles. The molecule has 5 rings (SSSR count). The van der Waals surface area contributed by atoms with Gasteiger partial charge in [0, 0.05) is 19.3 Å². The lowest BCUT2D eigenvalue weighted by Crippen LogP contribution is -2.35. The Morgan fingerprint density at radius 2 is 1.91 bits per heavy atom. The molecule has 182 valence electrons. The van der Waals surface area contributed by atoms with Crippen LogP contribution in [0.4, 0.5) is 11.8 Å². The normalized spacial score (nSPS) is 18.4. The van der Waals surface area contributed by atoms with Crippen molar-refractivity contribution in [2.75, 3.05) is 23.7 Å². The molecule has 1 atom stereocenters. The number of nitrogens with zero attached hydrogens (tertiary/aromatic N) is 4. The Kier molecular flexibility index (Phi) is 6.71. The highest BCUT2D eigenvalue weighted by Crippen LogP contribution is 2.40. The maximum absolute atomic E-state index is 11.1. The van der Waals surface area contributed by atoms with Crippen molar-refractivity contribution >= 4 is 33.3 Å². The van der Waals surface area contributed by atoms with Crippen LogP contribution in [0.2, 0.25) is 0 Å². The molecule has 2 saturated carbocycles. The average molecular weight is 481 g/mol. The van der Waals surface area contributed by atoms with Crippen LogP contribution in [0.5, 0.6) is 0 Å². The lowest BCUT2D eigenvalue weighted by Gasteiger charge is -2.32. The highest BCUT2D eigenvalue weighted by Gasteiger charge is 2.37. The van der Waals surface area contributed by atoms with E-state index in [1.165, 1.54) is 12.8 Å². The lowest BCUT2D eigenvalue weighted by molar-refractivity contribution is -0.0160. The smallest absolute Gasteiger partial charge is 0.224 e. The van der Waals surface area contributed by atoms with E-state index in [0.29, 0.717) is 11.9 Å². The van der Waals surface area contributed by atoms with E-state index in [-0.39, 0.29) is 0 Å². The fourth-order valence-electron chi connectivity index (χ4n) is 5.30. The topological polar surface area (TPSA) is 95.9 Å². The molecule has 3 aromatic heterocycles. The third-order valence-corrected chi connectivity index (χ3v) is 8.59. The minimum absolute atomic E-state index is 0.303. The fraction of sp³-hybridized carbons (Fsp3) is 0.615. The summed E-state index contributed by atoms with van der Waals surface area (Å²) in [5, 5.41) is 19.1. The van der Waals surface area contributed by atoms with Crippen LogP contribution in [-0.2, 0) is 0 Å². The molecule has 2 aliphatic rings. The van der Waals surface area contributed by atoms with Crippen LogP contribution in [0.25, 0.3) is 20.8 Å². The molecule has 0 amide bonds. The first-order valence-corrected chi connectivity index (χ1v) is 13.6. The quantitative estimate of drug-likeness (QED) is 0.341. The average Bonchev–Trinajstić information content (AvgIpc) is 3.38. The Hall–Kier alpha value is -2.32. The largest absolute Gasteiger partial charge is 0.390 e. The van der Waals surface area contributed by atoms with Gasteiger partial charge in [0.2, 0.25) is 5.95 Å². The van der Waals surface area contributed by atoms with Gasteiger partial charge in [-0.3, -0.25) is 4.98 Å². The van der Waals surface area contributed by atoms with Gasteiger partial charge in [-0.1, -0.05) is 26.2 Å². The summed E-state index contributed by atoms with van der Waals surface area (Å²) in [5.41, 5.74) is 3.26. The molecule has 34 heavy (non-hydrogen) atoms. The van der Waals surface area contributed by atoms with Gasteiger partial charge in [-0.05, 0) is 63.9 Å². The Morgan fingerprint density at radius 1 is 1.12 bits per heavy atom. The predicted molar refractivity (Wildman–Crippen MR) is 139 cm³/mol. The number of aryl methyl sites for hydroxylation is 2. The number of pyridine rings is 1. The summed E-state index contributed by atoms with van der Waals surface area (Å²) in [6.07, 6.45) is 10.5. The summed E-state index contributed by atoms with van der Waals surface area (Å²) >= 11 is 1.66. The van der Waals surface area contributed by atoms with Crippen molar-refractivity contribution in [2.24, 2.45) is 11.8 Å². The number of aromatic nitrogens is 4. The van der Waals surface area contributed by atoms with E-state index in [9.17, 15) is 5.11 Å². The Bertz CT molecular complexity index is 1150. The number of anilines is 2. The fourth-order valence-corrected chi connectivity index (χ4v) is 6.41. The summed E-state index contributed by atoms with van der Waals surface area (Å²) in [6.45, 7) is 7.92. The first-order chi connectivity index (χ1) is 16.5. The third-order valence-electron chi connectivity index (χ3n) is 7.55. The molecule has 0 saturated heterocycles. The Balaban J connectivity index is 1.42. The molecule has 0 aliphatic heterocycles. The van der Waals surface area contributed by atoms with Gasteiger partial charge in [0.05, 0.1) is 27.3 Å². The highest BCUT2D eigenvalue weighted by molar-refractivity contribution is 7.21. The molecule has 0 aromatic carbocycles. The van der Waals surface area contributed by atoms with Crippen LogP contribution in [-0.4, -0.2) is 43.7 Å². The van der Waals surface area contributed by atoms with Crippen LogP contribution in [0, 0.1) is 25.7 Å². The van der Waals surface area contributed by atoms with Gasteiger partial charge in [0.25, 0.3) is 0 Å². The summed E-state index contributed by atoms with van der Waals surface area (Å²) in [4.78, 5) is 19.0. The zero-order valence-corrected chi connectivity index (χ0v) is 21.3. The molecular formula is C26H36N6OS. The van der Waals surface area contributed by atoms with Crippen molar-refractivity contribution in [1.82, 2.24) is 19.9 Å². The van der Waals surface area contributed by atoms with Crippen molar-refractivity contribution in [2.45, 2.75) is 77.7 Å². The molecule has 3 N–H and O–H groups in total. The summed E-state index contributed by atoms with van der Waals surface area (Å²) in [7, 11) is 0. The second-order valence-corrected chi connectivity index (χ2v) is 11.1. The first kappa shape index (κ1) is 23.4. The van der Waals surface area contributed by atoms with E-state index in [1.54, 1.807) is 11.3 Å². The lowest BCUT2D eigenvalue weighted by atomic mass is 9.81. The molecule has 2 fully saturated rings. The van der Waals surface area contributed by atoms with Gasteiger partial charge in [0.15, 0.2) is 0 Å². The van der Waals surface area contributed by atoms with Crippen molar-refractivity contribution < 1.29 is 5.11 Å². The maximum Gasteiger partial charge on any atom is 0.224 e. The minimum Gasteiger partial charge on any atom is -0.390 e. The number of thiazole rings is 1. The second kappa shape index (κ2) is 9.74. The molecule has 7 nitrogen and oxygen atoms in total. The van der Waals surface area contributed by atoms with Crippen molar-refractivity contribution in [1.29, 1.82) is 0 Å². The van der Waals surface area contributed by atoms with Crippen LogP contribution in [0.15, 0.2) is 12.3 Å². The van der Waals surface area contributed by atoms with Crippen molar-refractivity contribution in [3.8, 4) is 10.6 Å². The van der Waals surface area contributed by atoms with Gasteiger partial charge in [0.1, 0.15) is 16.3 Å². The van der Waals surface area contributed by atoms with Crippen LogP contribution >= 0.6 is 11.3 Å². The van der Waals surface area contributed by atoms with E-state index in [1.807, 2.05) is 26.1 Å². The summed E-state index contributed by atoms with van der Waals surface area (Å²) in [6, 6.07) is 2.02. The number of hydrogen-bond donors (Lipinski definition) is 3. The monoisotopic (exact) mass is 480 g/mol. The zero-order chi connectivity index (χ0) is 23.7. The number of nitrogens with one attached hydrogen (secondary N) is 2. The Morgan fingerprint density at radius 3 is 2.62 bits per heavy atom. The molecular weight excluding hydrogens is 444 g/mol. The maximum atomic E-state index is 11.1. The predicted octanol–water partition coefficient (Wildman–Crippen LogP) is 5.72. The first-order valence-electron chi connectivity index (χ1n) is 12.8. The van der Waals surface area contributed by atoms with E-state index in [2.05, 4.69) is 22.5 Å². The number of aliphatic hydroxyl groups is 1. The minimum atomic E-state index is -0.505. The molecule has 0 bridgehead atoms. The third kappa shape index (κ3) is 4.89. The SMILES string of the molecule is CCC(CCNc1nc(NCC2CC2)nc(C)c1-c1nc2c(C)nccc2s1)C1(O)CCCC1. The standard InChI is InChI=1S/C26H36N6OS/c1-4-19(26(33)11-5-6-12-26)9-13-28-23-21(16(2)30-25(32-23)29-15-18-7-8-18)24-31-22-17(3)27-14-10-20(22)34-24/h10,14,18-19,33H,4-9,11-13,15H2,1-3H3,(H2,28,29,30,32). The number of hydrogen-bond acceptors (Lipinski definition) is 8. The highest BCUT2D eigenvalue weighted by atomic mass is 32.1. The van der Waals surface area contributed by atoms with Crippen LogP contribution in [0.3, 0.4) is 0 Å². The molecule has 8 heteroatoms. The van der Waals surface area contributed by atoms with Crippen LogP contribution < -0.4 is 10.6 Å². The van der Waals surface area contributed by atoms with Gasteiger partial charge < -0.3 is 15.7 Å². The van der Waals surface area contributed by atoms with Gasteiger partial charge in [-0.15, -0.1) is 11.3 Å². The molecule has 0 radical (unpaired) electrons. The molecule has 2 aliphatic carbocycles. The van der Waals surface area contributed by atoms with Crippen molar-refractivity contribution in [3.05, 3.63) is 23.7 Å². The van der Waals surface area contributed by atoms with E-state index >= 15 is 0 Å². The van der Waals surface area contributed by atoms with E-state index in [0.717, 1.165) is 95.5 Å². The van der Waals surface area contributed by atoms with Crippen molar-refractivity contribution in [3.63, 3.8) is 0 Å². The van der Waals surface area contributed by atoms with E-state index in [4.69, 9.17) is 15.0 Å². The Labute approximate surface area is 205 Å². The van der Waals surface area contributed by atoms with Gasteiger partial charge in [-0.2, -0.15) is 4.98 Å². The number of fused-ring (bicyclic) bond motifs is 1.